The van der Waals surface area contributed by atoms with E-state index >= 15 is 0 Å². The second-order valence-electron chi connectivity index (χ2n) is 6.67. The number of anilines is 1. The molecule has 0 radical (unpaired) electrons. The smallest absolute Gasteiger partial charge is 0.255 e. The van der Waals surface area contributed by atoms with Crippen LogP contribution in [0.4, 0.5) is 5.69 Å². The van der Waals surface area contributed by atoms with Crippen LogP contribution in [0, 0.1) is 0 Å². The lowest BCUT2D eigenvalue weighted by molar-refractivity contribution is 0.102. The van der Waals surface area contributed by atoms with Crippen LogP contribution in [0.1, 0.15) is 36.0 Å². The summed E-state index contributed by atoms with van der Waals surface area (Å²) in [5.41, 5.74) is 1.03. The van der Waals surface area contributed by atoms with Crippen LogP contribution in [-0.2, 0) is 10.0 Å². The van der Waals surface area contributed by atoms with Crippen LogP contribution in [0.2, 0.25) is 0 Å². The first kappa shape index (κ1) is 19.4. The zero-order valence-electron chi connectivity index (χ0n) is 15.5. The number of benzene rings is 2. The molecule has 0 unspecified atom stereocenters. The third-order valence-corrected chi connectivity index (χ3v) is 6.90. The van der Waals surface area contributed by atoms with Gasteiger partial charge in [0.25, 0.3) is 5.91 Å². The van der Waals surface area contributed by atoms with Crippen molar-refractivity contribution in [3.63, 3.8) is 0 Å². The number of carbonyl (C=O) groups is 1. The Morgan fingerprint density at radius 3 is 2.19 bits per heavy atom. The lowest BCUT2D eigenvalue weighted by Crippen LogP contribution is -2.35. The van der Waals surface area contributed by atoms with Gasteiger partial charge < -0.3 is 10.1 Å². The number of nitrogens with zero attached hydrogens (tertiary/aromatic N) is 1. The molecule has 1 fully saturated rings. The standard InChI is InChI=1S/C20H24N2O4S/c1-22(17-5-3-4-6-17)27(24,25)19-13-7-15(8-14-19)20(23)21-16-9-11-18(26-2)12-10-16/h7-14,17H,3-6H2,1-2H3,(H,21,23). The van der Waals surface area contributed by atoms with Crippen LogP contribution in [0.15, 0.2) is 53.4 Å². The van der Waals surface area contributed by atoms with Crippen molar-refractivity contribution in [2.75, 3.05) is 19.5 Å². The summed E-state index contributed by atoms with van der Waals surface area (Å²) in [6.07, 6.45) is 3.93. The fraction of sp³-hybridized carbons (Fsp3) is 0.350. The number of hydrogen-bond donors (Lipinski definition) is 1. The molecule has 1 saturated carbocycles. The Morgan fingerprint density at radius 1 is 1.04 bits per heavy atom. The van der Waals surface area contributed by atoms with E-state index in [2.05, 4.69) is 5.32 Å². The molecule has 0 atom stereocenters. The van der Waals surface area contributed by atoms with Crippen LogP contribution in [0.5, 0.6) is 5.75 Å². The fourth-order valence-electron chi connectivity index (χ4n) is 3.29. The van der Waals surface area contributed by atoms with Crippen molar-refractivity contribution in [1.82, 2.24) is 4.31 Å². The van der Waals surface area contributed by atoms with Crippen molar-refractivity contribution in [3.8, 4) is 5.75 Å². The van der Waals surface area contributed by atoms with Gasteiger partial charge in [-0.25, -0.2) is 8.42 Å². The predicted molar refractivity (Wildman–Crippen MR) is 105 cm³/mol. The molecule has 144 valence electrons. The Labute approximate surface area is 160 Å². The van der Waals surface area contributed by atoms with Crippen molar-refractivity contribution in [1.29, 1.82) is 0 Å². The minimum atomic E-state index is -3.54. The monoisotopic (exact) mass is 388 g/mol. The van der Waals surface area contributed by atoms with Gasteiger partial charge in [-0.2, -0.15) is 4.31 Å². The molecule has 1 aliphatic rings. The second-order valence-corrected chi connectivity index (χ2v) is 8.66. The van der Waals surface area contributed by atoms with Crippen LogP contribution >= 0.6 is 0 Å². The summed E-state index contributed by atoms with van der Waals surface area (Å²) in [6, 6.07) is 13.1. The molecule has 6 nitrogen and oxygen atoms in total. The van der Waals surface area contributed by atoms with E-state index in [1.54, 1.807) is 38.4 Å². The average Bonchev–Trinajstić information content (AvgIpc) is 3.22. The van der Waals surface area contributed by atoms with Crippen molar-refractivity contribution >= 4 is 21.6 Å². The van der Waals surface area contributed by atoms with Gasteiger partial charge in [0, 0.05) is 24.3 Å². The van der Waals surface area contributed by atoms with Crippen LogP contribution in [0.3, 0.4) is 0 Å². The highest BCUT2D eigenvalue weighted by molar-refractivity contribution is 7.89. The number of rotatable bonds is 6. The summed E-state index contributed by atoms with van der Waals surface area (Å²) >= 11 is 0. The van der Waals surface area contributed by atoms with Gasteiger partial charge in [0.2, 0.25) is 10.0 Å². The molecule has 3 rings (SSSR count). The Kier molecular flexibility index (Phi) is 5.82. The first-order valence-electron chi connectivity index (χ1n) is 8.95. The average molecular weight is 388 g/mol. The van der Waals surface area contributed by atoms with Crippen LogP contribution in [0.25, 0.3) is 0 Å². The molecule has 0 aliphatic heterocycles. The van der Waals surface area contributed by atoms with Crippen molar-refractivity contribution in [2.24, 2.45) is 0 Å². The molecule has 0 saturated heterocycles. The third-order valence-electron chi connectivity index (χ3n) is 4.98. The molecule has 2 aromatic rings. The zero-order chi connectivity index (χ0) is 19.4. The number of amides is 1. The summed E-state index contributed by atoms with van der Waals surface area (Å²) < 4.78 is 32.1. The Morgan fingerprint density at radius 2 is 1.63 bits per heavy atom. The maximum Gasteiger partial charge on any atom is 0.255 e. The highest BCUT2D eigenvalue weighted by atomic mass is 32.2. The van der Waals surface area contributed by atoms with Crippen LogP contribution < -0.4 is 10.1 Å². The molecular formula is C20H24N2O4S. The molecule has 0 heterocycles. The molecular weight excluding hydrogens is 364 g/mol. The Hall–Kier alpha value is -2.38. The molecule has 1 aliphatic carbocycles. The molecule has 0 bridgehead atoms. The number of methoxy groups -OCH3 is 1. The molecule has 2 aromatic carbocycles. The molecule has 27 heavy (non-hydrogen) atoms. The topological polar surface area (TPSA) is 75.7 Å². The Bertz CT molecular complexity index is 887. The van der Waals surface area contributed by atoms with Gasteiger partial charge in [0.1, 0.15) is 5.75 Å². The number of nitrogens with one attached hydrogen (secondary N) is 1. The fourth-order valence-corrected chi connectivity index (χ4v) is 4.70. The molecule has 0 aromatic heterocycles. The maximum atomic E-state index is 12.8. The third kappa shape index (κ3) is 4.31. The number of ether oxygens (including phenoxy) is 1. The quantitative estimate of drug-likeness (QED) is 0.822. The van der Waals surface area contributed by atoms with E-state index in [-0.39, 0.29) is 16.8 Å². The molecule has 1 amide bonds. The maximum absolute atomic E-state index is 12.8. The first-order valence-corrected chi connectivity index (χ1v) is 10.4. The SMILES string of the molecule is COc1ccc(NC(=O)c2ccc(S(=O)(=O)N(C)C3CCCC3)cc2)cc1. The number of carbonyl (C=O) groups excluding carboxylic acids is 1. The number of sulfonamides is 1. The van der Waals surface area contributed by atoms with E-state index in [9.17, 15) is 13.2 Å². The summed E-state index contributed by atoms with van der Waals surface area (Å²) in [5.74, 6) is 0.405. The highest BCUT2D eigenvalue weighted by Gasteiger charge is 2.30. The van der Waals surface area contributed by atoms with Gasteiger partial charge in [-0.15, -0.1) is 0 Å². The van der Waals surface area contributed by atoms with E-state index < -0.39 is 10.0 Å². The largest absolute Gasteiger partial charge is 0.497 e. The summed E-state index contributed by atoms with van der Waals surface area (Å²) in [7, 11) is -0.332. The van der Waals surface area contributed by atoms with Gasteiger partial charge in [-0.05, 0) is 61.4 Å². The van der Waals surface area contributed by atoms with Gasteiger partial charge >= 0.3 is 0 Å². The Balaban J connectivity index is 1.71. The van der Waals surface area contributed by atoms with E-state index in [0.29, 0.717) is 17.0 Å². The lowest BCUT2D eigenvalue weighted by Gasteiger charge is -2.23. The van der Waals surface area contributed by atoms with E-state index in [0.717, 1.165) is 25.7 Å². The lowest BCUT2D eigenvalue weighted by atomic mass is 10.2. The van der Waals surface area contributed by atoms with E-state index in [4.69, 9.17) is 4.74 Å². The minimum Gasteiger partial charge on any atom is -0.497 e. The first-order chi connectivity index (χ1) is 12.9. The van der Waals surface area contributed by atoms with Crippen molar-refractivity contribution < 1.29 is 17.9 Å². The van der Waals surface area contributed by atoms with E-state index in [1.165, 1.54) is 28.6 Å². The minimum absolute atomic E-state index is 0.0630. The van der Waals surface area contributed by atoms with Gasteiger partial charge in [-0.3, -0.25) is 4.79 Å². The molecule has 1 N–H and O–H groups in total. The summed E-state index contributed by atoms with van der Waals surface area (Å²) in [6.45, 7) is 0. The van der Waals surface area contributed by atoms with Gasteiger partial charge in [0.15, 0.2) is 0 Å². The van der Waals surface area contributed by atoms with Crippen molar-refractivity contribution in [3.05, 3.63) is 54.1 Å². The van der Waals surface area contributed by atoms with E-state index in [1.807, 2.05) is 0 Å². The summed E-state index contributed by atoms with van der Waals surface area (Å²) in [4.78, 5) is 12.6. The normalized spacial score (nSPS) is 15.1. The van der Waals surface area contributed by atoms with Gasteiger partial charge in [0.05, 0.1) is 12.0 Å². The highest BCUT2D eigenvalue weighted by Crippen LogP contribution is 2.27. The van der Waals surface area contributed by atoms with Gasteiger partial charge in [-0.1, -0.05) is 12.8 Å². The second kappa shape index (κ2) is 8.10. The summed E-state index contributed by atoms with van der Waals surface area (Å²) in [5, 5.41) is 2.78. The van der Waals surface area contributed by atoms with Crippen LogP contribution in [-0.4, -0.2) is 38.8 Å². The zero-order valence-corrected chi connectivity index (χ0v) is 16.3. The number of hydrogen-bond acceptors (Lipinski definition) is 4. The predicted octanol–water partition coefficient (Wildman–Crippen LogP) is 3.51. The molecule has 0 spiro atoms. The van der Waals surface area contributed by atoms with Crippen molar-refractivity contribution in [2.45, 2.75) is 36.6 Å². The molecule has 7 heteroatoms.